The van der Waals surface area contributed by atoms with Gasteiger partial charge in [0.05, 0.1) is 41.9 Å². The van der Waals surface area contributed by atoms with E-state index < -0.39 is 17.6 Å². The van der Waals surface area contributed by atoms with Crippen LogP contribution in [0.15, 0.2) is 36.7 Å². The Morgan fingerprint density at radius 3 is 2.62 bits per heavy atom. The highest BCUT2D eigenvalue weighted by Gasteiger charge is 2.34. The summed E-state index contributed by atoms with van der Waals surface area (Å²) in [6.07, 6.45) is -1.73. The molecule has 1 aromatic carbocycles. The second-order valence-corrected chi connectivity index (χ2v) is 6.11. The van der Waals surface area contributed by atoms with Crippen LogP contribution in [0.2, 0.25) is 5.02 Å². The topological polar surface area (TPSA) is 54.5 Å². The summed E-state index contributed by atoms with van der Waals surface area (Å²) in [7, 11) is 0. The number of carbonyl (C=O) groups excluding carboxylic acids is 1. The number of nitrogens with zero attached hydrogens (tertiary/aromatic N) is 2. The maximum atomic E-state index is 13.1. The average Bonchev–Trinajstić information content (AvgIpc) is 2.63. The van der Waals surface area contributed by atoms with Gasteiger partial charge in [0.1, 0.15) is 0 Å². The zero-order chi connectivity index (χ0) is 18.7. The van der Waals surface area contributed by atoms with Crippen LogP contribution >= 0.6 is 11.6 Å². The molecule has 0 saturated carbocycles. The highest BCUT2D eigenvalue weighted by molar-refractivity contribution is 6.30. The van der Waals surface area contributed by atoms with E-state index in [1.807, 2.05) is 4.90 Å². The molecule has 1 saturated heterocycles. The Morgan fingerprint density at radius 1 is 1.19 bits per heavy atom. The summed E-state index contributed by atoms with van der Waals surface area (Å²) in [5, 5.41) is 2.23. The SMILES string of the molecule is O=C(Nc1ccc(Cl)cc1C(F)(F)F)c1cncc(N2CCOCC2)c1. The summed E-state index contributed by atoms with van der Waals surface area (Å²) >= 11 is 5.64. The lowest BCUT2D eigenvalue weighted by Gasteiger charge is -2.28. The second kappa shape index (κ2) is 7.51. The highest BCUT2D eigenvalue weighted by atomic mass is 35.5. The number of aromatic nitrogens is 1. The first kappa shape index (κ1) is 18.5. The van der Waals surface area contributed by atoms with Gasteiger partial charge in [-0.2, -0.15) is 13.2 Å². The number of benzene rings is 1. The fourth-order valence-electron chi connectivity index (χ4n) is 2.60. The molecule has 26 heavy (non-hydrogen) atoms. The Bertz CT molecular complexity index is 808. The number of morpholine rings is 1. The standard InChI is InChI=1S/C17H15ClF3N3O2/c18-12-1-2-15(14(8-12)17(19,20)21)23-16(25)11-7-13(10-22-9-11)24-3-5-26-6-4-24/h1-2,7-10H,3-6H2,(H,23,25). The average molecular weight is 386 g/mol. The summed E-state index contributed by atoms with van der Waals surface area (Å²) in [4.78, 5) is 18.4. The molecule has 0 unspecified atom stereocenters. The first-order chi connectivity index (χ1) is 12.3. The minimum absolute atomic E-state index is 0.0636. The van der Waals surface area contributed by atoms with Crippen molar-refractivity contribution in [1.29, 1.82) is 0 Å². The lowest BCUT2D eigenvalue weighted by Crippen LogP contribution is -2.36. The fourth-order valence-corrected chi connectivity index (χ4v) is 2.77. The zero-order valence-corrected chi connectivity index (χ0v) is 14.3. The number of alkyl halides is 3. The predicted octanol–water partition coefficient (Wildman–Crippen LogP) is 3.84. The monoisotopic (exact) mass is 385 g/mol. The van der Waals surface area contributed by atoms with Gasteiger partial charge in [0.15, 0.2) is 0 Å². The van der Waals surface area contributed by atoms with Crippen molar-refractivity contribution in [3.05, 3.63) is 52.8 Å². The third kappa shape index (κ3) is 4.25. The van der Waals surface area contributed by atoms with Gasteiger partial charge in [0, 0.05) is 24.3 Å². The van der Waals surface area contributed by atoms with Crippen molar-refractivity contribution in [2.75, 3.05) is 36.5 Å². The van der Waals surface area contributed by atoms with E-state index in [1.54, 1.807) is 12.3 Å². The number of rotatable bonds is 3. The van der Waals surface area contributed by atoms with Crippen molar-refractivity contribution >= 4 is 28.9 Å². The van der Waals surface area contributed by atoms with Gasteiger partial charge in [0.25, 0.3) is 5.91 Å². The number of amides is 1. The van der Waals surface area contributed by atoms with E-state index in [0.29, 0.717) is 32.0 Å². The van der Waals surface area contributed by atoms with Crippen LogP contribution in [0.3, 0.4) is 0 Å². The molecule has 1 amide bonds. The van der Waals surface area contributed by atoms with Crippen LogP contribution in [0.1, 0.15) is 15.9 Å². The molecule has 5 nitrogen and oxygen atoms in total. The van der Waals surface area contributed by atoms with Crippen LogP contribution in [0.5, 0.6) is 0 Å². The normalized spacial score (nSPS) is 15.0. The van der Waals surface area contributed by atoms with Gasteiger partial charge in [-0.1, -0.05) is 11.6 Å². The van der Waals surface area contributed by atoms with E-state index in [0.717, 1.165) is 12.1 Å². The molecule has 1 fully saturated rings. The van der Waals surface area contributed by atoms with Crippen molar-refractivity contribution in [3.63, 3.8) is 0 Å². The van der Waals surface area contributed by atoms with Crippen molar-refractivity contribution < 1.29 is 22.7 Å². The second-order valence-electron chi connectivity index (χ2n) is 5.67. The van der Waals surface area contributed by atoms with Crippen LogP contribution in [0.4, 0.5) is 24.5 Å². The largest absolute Gasteiger partial charge is 0.418 e. The lowest BCUT2D eigenvalue weighted by atomic mass is 10.1. The summed E-state index contributed by atoms with van der Waals surface area (Å²) in [6, 6.07) is 4.79. The van der Waals surface area contributed by atoms with Gasteiger partial charge in [-0.25, -0.2) is 0 Å². The molecule has 0 radical (unpaired) electrons. The molecule has 0 atom stereocenters. The smallest absolute Gasteiger partial charge is 0.378 e. The third-order valence-electron chi connectivity index (χ3n) is 3.90. The van der Waals surface area contributed by atoms with E-state index >= 15 is 0 Å². The number of halogens is 4. The number of carbonyl (C=O) groups is 1. The minimum Gasteiger partial charge on any atom is -0.378 e. The van der Waals surface area contributed by atoms with Crippen molar-refractivity contribution in [1.82, 2.24) is 4.98 Å². The molecule has 0 aliphatic carbocycles. The number of hydrogen-bond acceptors (Lipinski definition) is 4. The quantitative estimate of drug-likeness (QED) is 0.872. The maximum Gasteiger partial charge on any atom is 0.418 e. The molecule has 0 bridgehead atoms. The van der Waals surface area contributed by atoms with Gasteiger partial charge < -0.3 is 15.0 Å². The van der Waals surface area contributed by atoms with Gasteiger partial charge in [-0.3, -0.25) is 9.78 Å². The number of nitrogens with one attached hydrogen (secondary N) is 1. The van der Waals surface area contributed by atoms with E-state index in [-0.39, 0.29) is 16.3 Å². The summed E-state index contributed by atoms with van der Waals surface area (Å²) in [5.41, 5.74) is -0.482. The summed E-state index contributed by atoms with van der Waals surface area (Å²) < 4.78 is 44.7. The molecule has 0 spiro atoms. The molecular weight excluding hydrogens is 371 g/mol. The van der Waals surface area contributed by atoms with Gasteiger partial charge >= 0.3 is 6.18 Å². The van der Waals surface area contributed by atoms with Gasteiger partial charge in [0.2, 0.25) is 0 Å². The Hall–Kier alpha value is -2.32. The Morgan fingerprint density at radius 2 is 1.92 bits per heavy atom. The number of pyridine rings is 1. The molecule has 2 heterocycles. The van der Waals surface area contributed by atoms with E-state index in [9.17, 15) is 18.0 Å². The molecule has 3 rings (SSSR count). The van der Waals surface area contributed by atoms with Crippen molar-refractivity contribution in [2.24, 2.45) is 0 Å². The van der Waals surface area contributed by atoms with Gasteiger partial charge in [-0.15, -0.1) is 0 Å². The Labute approximate surface area is 152 Å². The molecule has 1 N–H and O–H groups in total. The fraction of sp³-hybridized carbons (Fsp3) is 0.294. The van der Waals surface area contributed by atoms with Crippen molar-refractivity contribution in [3.8, 4) is 0 Å². The number of anilines is 2. The van der Waals surface area contributed by atoms with Crippen LogP contribution in [-0.2, 0) is 10.9 Å². The summed E-state index contributed by atoms with van der Waals surface area (Å²) in [6.45, 7) is 2.44. The predicted molar refractivity (Wildman–Crippen MR) is 91.7 cm³/mol. The molecule has 1 aliphatic heterocycles. The van der Waals surface area contributed by atoms with Crippen LogP contribution < -0.4 is 10.2 Å². The van der Waals surface area contributed by atoms with Gasteiger partial charge in [-0.05, 0) is 24.3 Å². The van der Waals surface area contributed by atoms with Crippen molar-refractivity contribution in [2.45, 2.75) is 6.18 Å². The Kier molecular flexibility index (Phi) is 5.33. The van der Waals surface area contributed by atoms with E-state index in [2.05, 4.69) is 10.3 Å². The maximum absolute atomic E-state index is 13.1. The molecule has 1 aliphatic rings. The minimum atomic E-state index is -4.64. The molecule has 1 aromatic heterocycles. The molecule has 138 valence electrons. The van der Waals surface area contributed by atoms with E-state index in [4.69, 9.17) is 16.3 Å². The number of hydrogen-bond donors (Lipinski definition) is 1. The number of ether oxygens (including phenoxy) is 1. The lowest BCUT2D eigenvalue weighted by molar-refractivity contribution is -0.136. The van der Waals surface area contributed by atoms with Crippen LogP contribution in [0.25, 0.3) is 0 Å². The third-order valence-corrected chi connectivity index (χ3v) is 4.13. The first-order valence-corrected chi connectivity index (χ1v) is 8.18. The van der Waals surface area contributed by atoms with E-state index in [1.165, 1.54) is 12.3 Å². The van der Waals surface area contributed by atoms with Crippen LogP contribution in [0, 0.1) is 0 Å². The molecule has 9 heteroatoms. The zero-order valence-electron chi connectivity index (χ0n) is 13.5. The molecular formula is C17H15ClF3N3O2. The highest BCUT2D eigenvalue weighted by Crippen LogP contribution is 2.36. The summed E-state index contributed by atoms with van der Waals surface area (Å²) in [5.74, 6) is -0.680. The molecule has 2 aromatic rings. The first-order valence-electron chi connectivity index (χ1n) is 7.80. The van der Waals surface area contributed by atoms with Crippen LogP contribution in [-0.4, -0.2) is 37.2 Å². The Balaban J connectivity index is 1.83.